The van der Waals surface area contributed by atoms with Gasteiger partial charge in [0.15, 0.2) is 0 Å². The van der Waals surface area contributed by atoms with E-state index < -0.39 is 12.1 Å². The number of aromatic nitrogens is 2. The highest BCUT2D eigenvalue weighted by Gasteiger charge is 2.25. The van der Waals surface area contributed by atoms with Gasteiger partial charge in [0.25, 0.3) is 0 Å². The second kappa shape index (κ2) is 9.99. The first kappa shape index (κ1) is 22.7. The first-order valence-corrected chi connectivity index (χ1v) is 11.1. The topological polar surface area (TPSA) is 93.9 Å². The fourth-order valence-electron chi connectivity index (χ4n) is 3.70. The second-order valence-electron chi connectivity index (χ2n) is 7.87. The number of benzene rings is 2. The third-order valence-corrected chi connectivity index (χ3v) is 6.14. The highest BCUT2D eigenvalue weighted by molar-refractivity contribution is 7.80. The van der Waals surface area contributed by atoms with Gasteiger partial charge in [0, 0.05) is 45.4 Å². The van der Waals surface area contributed by atoms with Crippen LogP contribution in [0.5, 0.6) is 11.5 Å². The van der Waals surface area contributed by atoms with Crippen LogP contribution in [0.4, 0.5) is 4.79 Å². The molecule has 0 spiro atoms. The molecular weight excluding hydrogens is 442 g/mol. The summed E-state index contributed by atoms with van der Waals surface area (Å²) in [5, 5.41) is 8.80. The molecule has 1 aromatic heterocycles. The molecule has 1 aliphatic rings. The molecule has 1 aliphatic heterocycles. The molecule has 1 saturated heterocycles. The van der Waals surface area contributed by atoms with Crippen LogP contribution in [0.1, 0.15) is 39.8 Å². The minimum absolute atomic E-state index is 0.0394. The number of imidazole rings is 1. The molecule has 3 aromatic rings. The molecular formula is C24H25N3O5S. The van der Waals surface area contributed by atoms with Crippen molar-refractivity contribution in [3.8, 4) is 11.5 Å². The molecule has 9 heteroatoms. The van der Waals surface area contributed by atoms with Crippen LogP contribution in [0.15, 0.2) is 60.9 Å². The lowest BCUT2D eigenvalue weighted by atomic mass is 10.1. The Hall–Kier alpha value is -3.46. The van der Waals surface area contributed by atoms with E-state index in [9.17, 15) is 9.59 Å². The molecule has 0 radical (unpaired) electrons. The number of rotatable bonds is 6. The van der Waals surface area contributed by atoms with Crippen LogP contribution in [0.3, 0.4) is 0 Å². The Balaban J connectivity index is 1.26. The molecule has 0 saturated carbocycles. The van der Waals surface area contributed by atoms with E-state index in [4.69, 9.17) is 14.6 Å². The third kappa shape index (κ3) is 5.48. The first-order valence-electron chi connectivity index (χ1n) is 10.6. The highest BCUT2D eigenvalue weighted by atomic mass is 32.1. The number of nitrogens with zero attached hydrogens (tertiary/aromatic N) is 3. The standard InChI is InChI=1S/C24H25N3O5S/c1-26-15-12-25-22(26)21(33)16-2-6-19(7-3-16)32-24(30)27-13-10-20(11-14-27)31-18-8-4-17(5-9-18)23(28)29/h2-9,12,15,20-21,33H,10-11,13-14H2,1H3,(H,28,29). The molecule has 33 heavy (non-hydrogen) atoms. The number of amides is 1. The Kier molecular flexibility index (Phi) is 6.88. The number of carbonyl (C=O) groups is 2. The van der Waals surface area contributed by atoms with Gasteiger partial charge in [-0.15, -0.1) is 0 Å². The molecule has 4 rings (SSSR count). The minimum atomic E-state index is -0.971. The zero-order chi connectivity index (χ0) is 23.4. The SMILES string of the molecule is Cn1ccnc1C(S)c1ccc(OC(=O)N2CCC(Oc3ccc(C(=O)O)cc3)CC2)cc1. The average molecular weight is 468 g/mol. The number of thiol groups is 1. The summed E-state index contributed by atoms with van der Waals surface area (Å²) in [4.78, 5) is 29.5. The van der Waals surface area contributed by atoms with E-state index in [0.717, 1.165) is 11.4 Å². The molecule has 2 heterocycles. The number of aromatic carboxylic acids is 1. The zero-order valence-electron chi connectivity index (χ0n) is 18.1. The normalized spacial score (nSPS) is 15.2. The number of hydrogen-bond acceptors (Lipinski definition) is 6. The lowest BCUT2D eigenvalue weighted by Crippen LogP contribution is -2.43. The fourth-order valence-corrected chi connectivity index (χ4v) is 4.12. The van der Waals surface area contributed by atoms with Crippen molar-refractivity contribution >= 4 is 24.7 Å². The van der Waals surface area contributed by atoms with Crippen molar-refractivity contribution in [1.82, 2.24) is 14.5 Å². The summed E-state index contributed by atoms with van der Waals surface area (Å²) >= 11 is 4.65. The number of carboxylic acid groups (broad SMARTS) is 1. The number of carboxylic acids is 1. The van der Waals surface area contributed by atoms with Crippen molar-refractivity contribution in [2.75, 3.05) is 13.1 Å². The number of likely N-dealkylation sites (tertiary alicyclic amines) is 1. The lowest BCUT2D eigenvalue weighted by molar-refractivity contribution is 0.0696. The molecule has 8 nitrogen and oxygen atoms in total. The Bertz CT molecular complexity index is 1110. The number of aryl methyl sites for hydroxylation is 1. The van der Waals surface area contributed by atoms with Crippen molar-refractivity contribution in [3.63, 3.8) is 0 Å². The van der Waals surface area contributed by atoms with Gasteiger partial charge in [0.2, 0.25) is 0 Å². The van der Waals surface area contributed by atoms with Crippen LogP contribution in [0, 0.1) is 0 Å². The Morgan fingerprint density at radius 2 is 1.70 bits per heavy atom. The molecule has 2 aromatic carbocycles. The molecule has 0 bridgehead atoms. The van der Waals surface area contributed by atoms with Crippen LogP contribution in [0.25, 0.3) is 0 Å². The summed E-state index contributed by atoms with van der Waals surface area (Å²) in [5.41, 5.74) is 1.18. The van der Waals surface area contributed by atoms with Crippen molar-refractivity contribution in [2.45, 2.75) is 24.2 Å². The van der Waals surface area contributed by atoms with E-state index in [1.165, 1.54) is 12.1 Å². The number of hydrogen-bond donors (Lipinski definition) is 2. The monoisotopic (exact) mass is 467 g/mol. The van der Waals surface area contributed by atoms with Gasteiger partial charge in [-0.05, 0) is 42.0 Å². The van der Waals surface area contributed by atoms with E-state index in [1.807, 2.05) is 29.9 Å². The number of carbonyl (C=O) groups excluding carboxylic acids is 1. The maximum Gasteiger partial charge on any atom is 0.415 e. The Morgan fingerprint density at radius 3 is 2.27 bits per heavy atom. The Labute approximate surface area is 197 Å². The zero-order valence-corrected chi connectivity index (χ0v) is 19.0. The molecule has 1 amide bonds. The van der Waals surface area contributed by atoms with Crippen LogP contribution in [-0.4, -0.2) is 50.8 Å². The molecule has 1 N–H and O–H groups in total. The predicted molar refractivity (Wildman–Crippen MR) is 125 cm³/mol. The van der Waals surface area contributed by atoms with Crippen molar-refractivity contribution in [1.29, 1.82) is 0 Å². The van der Waals surface area contributed by atoms with Crippen LogP contribution >= 0.6 is 12.6 Å². The van der Waals surface area contributed by atoms with Gasteiger partial charge in [-0.25, -0.2) is 14.6 Å². The van der Waals surface area contributed by atoms with Gasteiger partial charge in [0.1, 0.15) is 23.4 Å². The van der Waals surface area contributed by atoms with Crippen LogP contribution in [0.2, 0.25) is 0 Å². The molecule has 1 fully saturated rings. The van der Waals surface area contributed by atoms with Crippen LogP contribution in [-0.2, 0) is 7.05 Å². The Morgan fingerprint density at radius 1 is 1.06 bits per heavy atom. The summed E-state index contributed by atoms with van der Waals surface area (Å²) in [6, 6.07) is 13.6. The van der Waals surface area contributed by atoms with Crippen LogP contribution < -0.4 is 9.47 Å². The van der Waals surface area contributed by atoms with Gasteiger partial charge in [-0.2, -0.15) is 12.6 Å². The fraction of sp³-hybridized carbons (Fsp3) is 0.292. The van der Waals surface area contributed by atoms with Gasteiger partial charge < -0.3 is 24.0 Å². The van der Waals surface area contributed by atoms with Gasteiger partial charge >= 0.3 is 12.1 Å². The first-order chi connectivity index (χ1) is 15.9. The van der Waals surface area contributed by atoms with Gasteiger partial charge in [0.05, 0.1) is 10.8 Å². The van der Waals surface area contributed by atoms with Gasteiger partial charge in [-0.1, -0.05) is 12.1 Å². The summed E-state index contributed by atoms with van der Waals surface area (Å²) in [7, 11) is 1.92. The van der Waals surface area contributed by atoms with Crippen molar-refractivity contribution < 1.29 is 24.2 Å². The smallest absolute Gasteiger partial charge is 0.415 e. The quantitative estimate of drug-likeness (QED) is 0.529. The van der Waals surface area contributed by atoms with E-state index in [0.29, 0.717) is 37.4 Å². The van der Waals surface area contributed by atoms with Gasteiger partial charge in [-0.3, -0.25) is 0 Å². The summed E-state index contributed by atoms with van der Waals surface area (Å²) in [5.74, 6) is 0.961. The second-order valence-corrected chi connectivity index (χ2v) is 8.39. The number of piperidine rings is 1. The maximum atomic E-state index is 12.6. The van der Waals surface area contributed by atoms with E-state index >= 15 is 0 Å². The average Bonchev–Trinajstić information content (AvgIpc) is 3.25. The third-order valence-electron chi connectivity index (χ3n) is 5.61. The van der Waals surface area contributed by atoms with E-state index in [2.05, 4.69) is 17.6 Å². The summed E-state index contributed by atoms with van der Waals surface area (Å²) in [6.07, 6.45) is 4.51. The summed E-state index contributed by atoms with van der Waals surface area (Å²) < 4.78 is 13.4. The molecule has 172 valence electrons. The highest BCUT2D eigenvalue weighted by Crippen LogP contribution is 2.28. The minimum Gasteiger partial charge on any atom is -0.490 e. The lowest BCUT2D eigenvalue weighted by Gasteiger charge is -2.31. The van der Waals surface area contributed by atoms with Crippen molar-refractivity contribution in [3.05, 3.63) is 77.9 Å². The largest absolute Gasteiger partial charge is 0.490 e. The maximum absolute atomic E-state index is 12.6. The molecule has 1 unspecified atom stereocenters. The van der Waals surface area contributed by atoms with Crippen molar-refractivity contribution in [2.24, 2.45) is 7.05 Å². The van der Waals surface area contributed by atoms with E-state index in [-0.39, 0.29) is 16.9 Å². The molecule has 1 atom stereocenters. The summed E-state index contributed by atoms with van der Waals surface area (Å²) in [6.45, 7) is 1.04. The number of ether oxygens (including phenoxy) is 2. The molecule has 0 aliphatic carbocycles. The predicted octanol–water partition coefficient (Wildman–Crippen LogP) is 4.18. The van der Waals surface area contributed by atoms with E-state index in [1.54, 1.807) is 35.4 Å².